The molecule has 6 nitrogen and oxygen atoms in total. The van der Waals surface area contributed by atoms with E-state index in [2.05, 4.69) is 40.9 Å². The van der Waals surface area contributed by atoms with Crippen LogP contribution in [0.2, 0.25) is 0 Å². The Balaban J connectivity index is 0.00000204. The fourth-order valence-corrected chi connectivity index (χ4v) is 9.37. The van der Waals surface area contributed by atoms with E-state index in [9.17, 15) is 24.3 Å². The lowest BCUT2D eigenvalue weighted by Gasteiger charge is -2.33. The summed E-state index contributed by atoms with van der Waals surface area (Å²) in [6.45, 7) is 26.7. The minimum absolute atomic E-state index is 0. The molecule has 3 saturated carbocycles. The Bertz CT molecular complexity index is 1630. The fraction of sp³-hybridized carbons (Fsp3) is 0.620. The highest BCUT2D eigenvalue weighted by atomic mass is 16.5. The average Bonchev–Trinajstić information content (AvgIpc) is 3.80. The number of Topliss-reactive ketones (excluding diaryl/α,β-unsaturated/α-hetero) is 4. The quantitative estimate of drug-likeness (QED) is 0.0806. The fourth-order valence-electron chi connectivity index (χ4n) is 9.37. The van der Waals surface area contributed by atoms with Crippen molar-refractivity contribution >= 4 is 23.1 Å². The van der Waals surface area contributed by atoms with Gasteiger partial charge in [-0.3, -0.25) is 19.2 Å². The Morgan fingerprint density at radius 2 is 1.59 bits per heavy atom. The summed E-state index contributed by atoms with van der Waals surface area (Å²) in [5, 5.41) is 11.3. The number of ketones is 4. The Morgan fingerprint density at radius 3 is 2.12 bits per heavy atom. The molecule has 0 saturated heterocycles. The number of benzene rings is 1. The Morgan fingerprint density at radius 1 is 0.964 bits per heavy atom. The third-order valence-electron chi connectivity index (χ3n) is 12.3. The Hall–Kier alpha value is -3.38. The second-order valence-electron chi connectivity index (χ2n) is 19.0. The van der Waals surface area contributed by atoms with Crippen LogP contribution in [-0.2, 0) is 23.9 Å². The molecule has 3 fully saturated rings. The maximum atomic E-state index is 14.6. The first kappa shape index (κ1) is 47.0. The number of rotatable bonds is 20. The predicted octanol–water partition coefficient (Wildman–Crippen LogP) is 11.3. The molecular weight excluding hydrogens is 697 g/mol. The van der Waals surface area contributed by atoms with E-state index in [1.54, 1.807) is 6.92 Å². The van der Waals surface area contributed by atoms with Gasteiger partial charge in [0.05, 0.1) is 11.4 Å². The third-order valence-corrected chi connectivity index (χ3v) is 12.3. The number of allylic oxidation sites excluding steroid dienone is 6. The van der Waals surface area contributed by atoms with Gasteiger partial charge in [-0.2, -0.15) is 0 Å². The maximum absolute atomic E-state index is 14.6. The van der Waals surface area contributed by atoms with E-state index in [1.807, 2.05) is 75.8 Å². The van der Waals surface area contributed by atoms with Crippen LogP contribution >= 0.6 is 0 Å². The van der Waals surface area contributed by atoms with Gasteiger partial charge in [-0.25, -0.2) is 0 Å². The van der Waals surface area contributed by atoms with Crippen molar-refractivity contribution in [1.29, 1.82) is 0 Å². The predicted molar refractivity (Wildman–Crippen MR) is 229 cm³/mol. The van der Waals surface area contributed by atoms with E-state index in [4.69, 9.17) is 4.74 Å². The van der Waals surface area contributed by atoms with Gasteiger partial charge in [0.15, 0.2) is 5.78 Å². The van der Waals surface area contributed by atoms with Crippen molar-refractivity contribution in [3.63, 3.8) is 0 Å². The van der Waals surface area contributed by atoms with Gasteiger partial charge in [0.2, 0.25) is 5.78 Å². The van der Waals surface area contributed by atoms with Crippen LogP contribution < -0.4 is 0 Å². The van der Waals surface area contributed by atoms with Crippen molar-refractivity contribution in [1.82, 2.24) is 0 Å². The van der Waals surface area contributed by atoms with Crippen LogP contribution in [0.1, 0.15) is 145 Å². The molecule has 1 N–H and O–H groups in total. The molecule has 0 amide bonds. The van der Waals surface area contributed by atoms with Crippen molar-refractivity contribution < 1.29 is 29.0 Å². The molecule has 5 rings (SSSR count). The normalized spacial score (nSPS) is 24.4. The van der Waals surface area contributed by atoms with Gasteiger partial charge in [0.1, 0.15) is 17.2 Å². The van der Waals surface area contributed by atoms with Gasteiger partial charge in [-0.1, -0.05) is 127 Å². The summed E-state index contributed by atoms with van der Waals surface area (Å²) in [6, 6.07) is 9.37. The summed E-state index contributed by atoms with van der Waals surface area (Å²) < 4.78 is 6.09. The molecule has 1 aromatic carbocycles. The first-order valence-corrected chi connectivity index (χ1v) is 20.8. The smallest absolute Gasteiger partial charge is 0.201 e. The lowest BCUT2D eigenvalue weighted by atomic mass is 9.71. The largest absolute Gasteiger partial charge is 0.493 e. The second-order valence-corrected chi connectivity index (χ2v) is 19.0. The molecule has 6 heteroatoms. The molecule has 4 aliphatic carbocycles. The summed E-state index contributed by atoms with van der Waals surface area (Å²) in [4.78, 5) is 54.7. The van der Waals surface area contributed by atoms with Gasteiger partial charge < -0.3 is 9.84 Å². The van der Waals surface area contributed by atoms with E-state index in [0.717, 1.165) is 36.0 Å². The van der Waals surface area contributed by atoms with Crippen molar-refractivity contribution in [2.75, 3.05) is 0 Å². The standard InChI is InChI=1S/C46H61O6.C3H8.CH4/c1-28(40-36(26-38-41(40)45(38,7)8)43(50)35(32-17-13-14-18-32)24-29(2)52-44(4,5)6)23-34(25-31-19-20-31)42(49)39(48)21-22-46(9,51)27-37(30(3)47)33-15-11-10-12-16-33;1-3-2;/h10-18,31,34-38,40-41,51H,1-2,19-27H2,3-9H3;3H2,1-2H3;1H4. The monoisotopic (exact) mass is 770 g/mol. The van der Waals surface area contributed by atoms with Gasteiger partial charge in [-0.15, -0.1) is 0 Å². The van der Waals surface area contributed by atoms with Crippen LogP contribution in [0.4, 0.5) is 0 Å². The first-order chi connectivity index (χ1) is 25.7. The molecule has 0 aliphatic heterocycles. The van der Waals surface area contributed by atoms with Crippen LogP contribution in [0.5, 0.6) is 0 Å². The first-order valence-electron chi connectivity index (χ1n) is 20.8. The number of ether oxygens (including phenoxy) is 1. The number of hydrogen-bond acceptors (Lipinski definition) is 6. The summed E-state index contributed by atoms with van der Waals surface area (Å²) in [5.74, 6) is -0.658. The van der Waals surface area contributed by atoms with Crippen LogP contribution in [0.15, 0.2) is 78.6 Å². The van der Waals surface area contributed by atoms with E-state index < -0.39 is 34.6 Å². The van der Waals surface area contributed by atoms with Gasteiger partial charge >= 0.3 is 0 Å². The zero-order valence-corrected chi connectivity index (χ0v) is 35.3. The topological polar surface area (TPSA) is 97.7 Å². The van der Waals surface area contributed by atoms with Crippen molar-refractivity contribution in [3.8, 4) is 0 Å². The molecule has 0 bridgehead atoms. The van der Waals surface area contributed by atoms with Crippen LogP contribution in [0.25, 0.3) is 0 Å². The summed E-state index contributed by atoms with van der Waals surface area (Å²) >= 11 is 0. The molecule has 4 aliphatic rings. The number of aliphatic hydroxyl groups is 1. The van der Waals surface area contributed by atoms with E-state index in [-0.39, 0.29) is 61.4 Å². The highest BCUT2D eigenvalue weighted by Crippen LogP contribution is 2.72. The van der Waals surface area contributed by atoms with Crippen LogP contribution in [-0.4, -0.2) is 39.4 Å². The van der Waals surface area contributed by atoms with Gasteiger partial charge in [0, 0.05) is 42.9 Å². The van der Waals surface area contributed by atoms with Crippen molar-refractivity contribution in [2.45, 2.75) is 151 Å². The van der Waals surface area contributed by atoms with Crippen molar-refractivity contribution in [2.24, 2.45) is 46.8 Å². The molecule has 8 atom stereocenters. The molecule has 56 heavy (non-hydrogen) atoms. The third kappa shape index (κ3) is 12.3. The molecule has 8 unspecified atom stereocenters. The van der Waals surface area contributed by atoms with Gasteiger partial charge in [-0.05, 0) is 101 Å². The van der Waals surface area contributed by atoms with E-state index in [1.165, 1.54) is 13.3 Å². The SMILES string of the molecule is C.C=C(CC(C(=O)C1CC2C(C1C(=C)CC(CC1CC1)C(=O)C(=O)CCC(C)(O)CC(C(C)=O)c1ccccc1)C2(C)C)C1=CC=C[CH]1)OC(C)(C)C.CCC. The lowest BCUT2D eigenvalue weighted by Crippen LogP contribution is -2.34. The molecule has 1 radical (unpaired) electrons. The minimum atomic E-state index is -1.30. The summed E-state index contributed by atoms with van der Waals surface area (Å²) in [6.07, 6.45) is 13.7. The van der Waals surface area contributed by atoms with E-state index in [0.29, 0.717) is 42.8 Å². The van der Waals surface area contributed by atoms with E-state index >= 15 is 0 Å². The minimum Gasteiger partial charge on any atom is -0.493 e. The second kappa shape index (κ2) is 19.4. The molecule has 1 aromatic rings. The van der Waals surface area contributed by atoms with Crippen LogP contribution in [0, 0.1) is 53.3 Å². The molecule has 309 valence electrons. The summed E-state index contributed by atoms with van der Waals surface area (Å²) in [5.41, 5.74) is 1.08. The lowest BCUT2D eigenvalue weighted by molar-refractivity contribution is -0.140. The molecule has 0 spiro atoms. The number of fused-ring (bicyclic) bond motifs is 1. The van der Waals surface area contributed by atoms with Crippen molar-refractivity contribution in [3.05, 3.63) is 90.6 Å². The molecule has 0 aromatic heterocycles. The highest BCUT2D eigenvalue weighted by Gasteiger charge is 2.68. The van der Waals surface area contributed by atoms with Gasteiger partial charge in [0.25, 0.3) is 0 Å². The molecule has 0 heterocycles. The zero-order chi connectivity index (χ0) is 40.9. The Kier molecular flexibility index (Phi) is 16.3. The van der Waals surface area contributed by atoms with Crippen LogP contribution in [0.3, 0.4) is 0 Å². The Labute approximate surface area is 339 Å². The average molecular weight is 770 g/mol. The number of carbonyl (C=O) groups is 4. The zero-order valence-electron chi connectivity index (χ0n) is 35.3. The number of hydrogen-bond donors (Lipinski definition) is 1. The highest BCUT2D eigenvalue weighted by molar-refractivity contribution is 6.38. The number of carbonyl (C=O) groups excluding carboxylic acids is 4. The summed E-state index contributed by atoms with van der Waals surface area (Å²) in [7, 11) is 0. The molecular formula is C50H73O6. The maximum Gasteiger partial charge on any atom is 0.201 e.